The van der Waals surface area contributed by atoms with Crippen molar-refractivity contribution in [3.63, 3.8) is 0 Å². The minimum atomic E-state index is -6.09. The molecule has 0 spiro atoms. The second-order valence-electron chi connectivity index (χ2n) is 4.12. The van der Waals surface area contributed by atoms with Gasteiger partial charge in [-0.1, -0.05) is 6.92 Å². The Hall–Kier alpha value is -1.43. The molecule has 0 aromatic carbocycles. The van der Waals surface area contributed by atoms with Gasteiger partial charge in [-0.15, -0.1) is 0 Å². The molecule has 0 bridgehead atoms. The highest BCUT2D eigenvalue weighted by Gasteiger charge is 2.37. The van der Waals surface area contributed by atoms with E-state index in [2.05, 4.69) is 34.8 Å². The lowest BCUT2D eigenvalue weighted by Gasteiger charge is -2.08. The number of nitrogens with zero attached hydrogens (tertiary/aromatic N) is 2. The first kappa shape index (κ1) is 29.3. The van der Waals surface area contributed by atoms with Gasteiger partial charge >= 0.3 is 11.0 Å². The zero-order valence-electron chi connectivity index (χ0n) is 13.6. The van der Waals surface area contributed by atoms with E-state index in [1.165, 1.54) is 6.42 Å². The fourth-order valence-corrected chi connectivity index (χ4v) is 0.892. The second kappa shape index (κ2) is 10.7. The fourth-order valence-electron chi connectivity index (χ4n) is 0.892. The first-order chi connectivity index (χ1) is 10.8. The average molecular weight is 441 g/mol. The van der Waals surface area contributed by atoms with E-state index in [0.29, 0.717) is 0 Å². The van der Waals surface area contributed by atoms with Crippen molar-refractivity contribution in [3.8, 4) is 0 Å². The molecule has 158 valence electrons. The molecule has 1 aromatic rings. The molecular formula is C9H17F6N3O6S2. The molecule has 26 heavy (non-hydrogen) atoms. The Morgan fingerprint density at radius 3 is 1.42 bits per heavy atom. The first-order valence-electron chi connectivity index (χ1n) is 5.88. The lowest BCUT2D eigenvalue weighted by Crippen LogP contribution is -2.23. The molecule has 17 heteroatoms. The molecule has 1 heterocycles. The number of aryl methyl sites for hydroxylation is 2. The molecule has 0 aliphatic heterocycles. The Morgan fingerprint density at radius 1 is 0.962 bits per heavy atom. The van der Waals surface area contributed by atoms with Crippen molar-refractivity contribution in [3.05, 3.63) is 18.7 Å². The molecule has 9 nitrogen and oxygen atoms in total. The van der Waals surface area contributed by atoms with E-state index in [1.807, 2.05) is 7.05 Å². The van der Waals surface area contributed by atoms with Crippen LogP contribution in [0.4, 0.5) is 26.3 Å². The summed E-state index contributed by atoms with van der Waals surface area (Å²) in [7, 11) is -10.1. The summed E-state index contributed by atoms with van der Waals surface area (Å²) in [5, 5.41) is 0. The van der Waals surface area contributed by atoms with Crippen LogP contribution < -0.4 is 10.7 Å². The fraction of sp³-hybridized carbons (Fsp3) is 0.667. The van der Waals surface area contributed by atoms with E-state index in [-0.39, 0.29) is 6.15 Å². The smallest absolute Gasteiger partial charge is 0.485 e. The predicted octanol–water partition coefficient (Wildman–Crippen LogP) is 1.20. The van der Waals surface area contributed by atoms with Crippen LogP contribution in [0.1, 0.15) is 13.3 Å². The normalized spacial score (nSPS) is 12.1. The summed E-state index contributed by atoms with van der Waals surface area (Å²) in [5.74, 6) is 0. The summed E-state index contributed by atoms with van der Waals surface area (Å²) >= 11 is 0. The van der Waals surface area contributed by atoms with E-state index >= 15 is 0 Å². The molecule has 0 saturated heterocycles. The minimum Gasteiger partial charge on any atom is -0.741 e. The van der Waals surface area contributed by atoms with Crippen molar-refractivity contribution in [1.82, 2.24) is 10.7 Å². The summed E-state index contributed by atoms with van der Waals surface area (Å²) < 4.78 is 122. The summed E-state index contributed by atoms with van der Waals surface area (Å²) in [5.41, 5.74) is -11.3. The zero-order chi connectivity index (χ0) is 20.7. The van der Waals surface area contributed by atoms with Crippen molar-refractivity contribution in [2.45, 2.75) is 30.9 Å². The van der Waals surface area contributed by atoms with Crippen LogP contribution in [0.2, 0.25) is 0 Å². The van der Waals surface area contributed by atoms with E-state index < -0.39 is 31.3 Å². The number of alkyl halides is 6. The van der Waals surface area contributed by atoms with Gasteiger partial charge in [-0.05, 0) is 6.42 Å². The molecule has 0 radical (unpaired) electrons. The van der Waals surface area contributed by atoms with Crippen molar-refractivity contribution in [2.24, 2.45) is 7.05 Å². The molecule has 0 saturated carbocycles. The van der Waals surface area contributed by atoms with Crippen molar-refractivity contribution >= 4 is 20.2 Å². The number of imidazole rings is 1. The van der Waals surface area contributed by atoms with Gasteiger partial charge in [-0.25, -0.2) is 26.0 Å². The van der Waals surface area contributed by atoms with Crippen LogP contribution >= 0.6 is 0 Å². The summed E-state index contributed by atoms with van der Waals surface area (Å²) in [4.78, 5) is 0. The van der Waals surface area contributed by atoms with Gasteiger partial charge in [0.1, 0.15) is 12.4 Å². The summed E-state index contributed by atoms with van der Waals surface area (Å²) in [6, 6.07) is 0. The van der Waals surface area contributed by atoms with Gasteiger partial charge in [0.05, 0.1) is 13.6 Å². The predicted molar refractivity (Wildman–Crippen MR) is 73.4 cm³/mol. The van der Waals surface area contributed by atoms with Crippen LogP contribution in [0.3, 0.4) is 0 Å². The molecule has 1 aromatic heterocycles. The lowest BCUT2D eigenvalue weighted by atomic mass is 10.5. The largest absolute Gasteiger partial charge is 0.741 e. The number of hydrogen-bond acceptors (Lipinski definition) is 6. The van der Waals surface area contributed by atoms with Gasteiger partial charge in [-0.2, -0.15) is 26.3 Å². The van der Waals surface area contributed by atoms with Crippen LogP contribution in [0.15, 0.2) is 18.7 Å². The molecule has 0 aliphatic carbocycles. The van der Waals surface area contributed by atoms with E-state index in [4.69, 9.17) is 25.9 Å². The highest BCUT2D eigenvalue weighted by Crippen LogP contribution is 2.21. The Kier molecular flexibility index (Phi) is 12.0. The van der Waals surface area contributed by atoms with Gasteiger partial charge in [0.15, 0.2) is 20.2 Å². The summed E-state index contributed by atoms with van der Waals surface area (Å²) in [6.45, 7) is 3.31. The van der Waals surface area contributed by atoms with Crippen LogP contribution in [-0.4, -0.2) is 41.5 Å². The SMILES string of the molecule is CCCn1cc[n+](C)c1.O=S(=O)([O-])C(F)(F)F.O=S(=O)([O-])C(F)(F)F.[NH4+]. The highest BCUT2D eigenvalue weighted by molar-refractivity contribution is 7.86. The van der Waals surface area contributed by atoms with Crippen molar-refractivity contribution < 1.29 is 56.9 Å². The molecule has 0 unspecified atom stereocenters. The Morgan fingerprint density at radius 2 is 1.27 bits per heavy atom. The van der Waals surface area contributed by atoms with Crippen molar-refractivity contribution in [1.29, 1.82) is 0 Å². The molecule has 0 fully saturated rings. The molecule has 4 N–H and O–H groups in total. The summed E-state index contributed by atoms with van der Waals surface area (Å²) in [6.07, 6.45) is 7.43. The topological polar surface area (TPSA) is 160 Å². The van der Waals surface area contributed by atoms with Gasteiger partial charge in [0.25, 0.3) is 0 Å². The standard InChI is InChI=1S/C7H13N2.2CHF3O3S.H3N/c1-3-4-9-6-5-8(2)7-9;2*2-1(3,4)8(5,6)7;/h5-7H,3-4H2,1-2H3;2*(H,5,6,7);1H3/q+1;;;/p-1. The van der Waals surface area contributed by atoms with Gasteiger partial charge in [0, 0.05) is 0 Å². The number of halogens is 6. The maximum absolute atomic E-state index is 10.7. The number of hydrogen-bond donors (Lipinski definition) is 1. The molecule has 0 aliphatic rings. The van der Waals surface area contributed by atoms with Gasteiger partial charge in [0.2, 0.25) is 6.33 Å². The lowest BCUT2D eigenvalue weighted by molar-refractivity contribution is -0.671. The minimum absolute atomic E-state index is 0. The molecule has 0 amide bonds. The Bertz CT molecular complexity index is 684. The molecule has 0 atom stereocenters. The van der Waals surface area contributed by atoms with Gasteiger partial charge < -0.3 is 15.3 Å². The average Bonchev–Trinajstić information content (AvgIpc) is 2.71. The van der Waals surface area contributed by atoms with Crippen LogP contribution in [0.25, 0.3) is 0 Å². The highest BCUT2D eigenvalue weighted by atomic mass is 32.2. The second-order valence-corrected chi connectivity index (χ2v) is 6.86. The Labute approximate surface area is 145 Å². The van der Waals surface area contributed by atoms with E-state index in [0.717, 1.165) is 6.54 Å². The number of aromatic nitrogens is 2. The number of rotatable bonds is 2. The monoisotopic (exact) mass is 441 g/mol. The number of quaternary nitrogens is 1. The van der Waals surface area contributed by atoms with Gasteiger partial charge in [-0.3, -0.25) is 0 Å². The van der Waals surface area contributed by atoms with E-state index in [9.17, 15) is 26.3 Å². The Balaban J connectivity index is -0.000000301. The maximum Gasteiger partial charge on any atom is 0.485 e. The molecular weight excluding hydrogens is 424 g/mol. The third-order valence-corrected chi connectivity index (χ3v) is 3.01. The first-order valence-corrected chi connectivity index (χ1v) is 8.70. The van der Waals surface area contributed by atoms with Crippen LogP contribution in [0, 0.1) is 0 Å². The third-order valence-electron chi connectivity index (χ3n) is 1.87. The van der Waals surface area contributed by atoms with Crippen LogP contribution in [-0.2, 0) is 33.8 Å². The third kappa shape index (κ3) is 12.9. The van der Waals surface area contributed by atoms with Crippen LogP contribution in [0.5, 0.6) is 0 Å². The quantitative estimate of drug-likeness (QED) is 0.314. The molecule has 1 rings (SSSR count). The van der Waals surface area contributed by atoms with Crippen molar-refractivity contribution in [2.75, 3.05) is 0 Å². The van der Waals surface area contributed by atoms with E-state index in [1.54, 1.807) is 0 Å². The zero-order valence-corrected chi connectivity index (χ0v) is 15.2. The maximum atomic E-state index is 10.7.